The zero-order chi connectivity index (χ0) is 26.0. The number of fused-ring (bicyclic) bond motifs is 1. The molecule has 0 saturated carbocycles. The molecule has 0 aliphatic heterocycles. The first-order chi connectivity index (χ1) is 16.5. The van der Waals surface area contributed by atoms with Crippen molar-refractivity contribution >= 4 is 51.9 Å². The minimum atomic E-state index is -2.72. The van der Waals surface area contributed by atoms with Crippen molar-refractivity contribution < 1.29 is 39.5 Å². The fourth-order valence-corrected chi connectivity index (χ4v) is 4.25. The molecule has 0 fully saturated rings. The van der Waals surface area contributed by atoms with Crippen molar-refractivity contribution in [1.29, 1.82) is 0 Å². The summed E-state index contributed by atoms with van der Waals surface area (Å²) in [5.41, 5.74) is 0.441. The number of aliphatic carboxylic acids is 2. The van der Waals surface area contributed by atoms with E-state index in [1.54, 1.807) is 17.5 Å². The minimum absolute atomic E-state index is 0.0600. The van der Waals surface area contributed by atoms with Crippen molar-refractivity contribution in [2.24, 2.45) is 0 Å². The van der Waals surface area contributed by atoms with Crippen molar-refractivity contribution in [1.82, 2.24) is 19.5 Å². The van der Waals surface area contributed by atoms with Crippen LogP contribution in [-0.2, 0) is 25.5 Å². The summed E-state index contributed by atoms with van der Waals surface area (Å²) in [6.07, 6.45) is 2.48. The van der Waals surface area contributed by atoms with Gasteiger partial charge in [0, 0.05) is 18.4 Å². The lowest BCUT2D eigenvalue weighted by molar-refractivity contribution is -0.202. The van der Waals surface area contributed by atoms with Gasteiger partial charge < -0.3 is 35.6 Å². The van der Waals surface area contributed by atoms with E-state index in [2.05, 4.69) is 15.0 Å². The number of carboxylic acids is 2. The van der Waals surface area contributed by atoms with E-state index in [4.69, 9.17) is 33.2 Å². The third-order valence-electron chi connectivity index (χ3n) is 5.26. The Bertz CT molecular complexity index is 1260. The molecule has 0 radical (unpaired) electrons. The molecule has 6 N–H and O–H groups in total. The number of ether oxygens (including phenoxy) is 2. The molecule has 3 rings (SSSR count). The molecular formula is C20H20ClN5O8S. The monoisotopic (exact) mass is 525 g/mol. The standard InChI is InChI=1S/C20H20ClN5O8S/c1-3-19(32,15(27)26-9-23-12-13(22)24-18(21)25-14(12)26)11(33-2)8-34-20(16(28)29,17(30)31)7-10-5-4-6-35-10/h1,4-6,9,11,15,27,32H,7-8H2,2H3,(H,28,29)(H,30,31)(H2,22,24,25)/t11-,15-,19-/m1/s1. The lowest BCUT2D eigenvalue weighted by Crippen LogP contribution is -2.56. The number of aliphatic hydroxyl groups excluding tert-OH is 1. The number of hydrogen-bond acceptors (Lipinski definition) is 11. The van der Waals surface area contributed by atoms with Crippen LogP contribution < -0.4 is 5.73 Å². The number of carbonyl (C=O) groups is 2. The second kappa shape index (κ2) is 10.1. The summed E-state index contributed by atoms with van der Waals surface area (Å²) in [6.45, 7) is -0.831. The molecule has 15 heteroatoms. The maximum atomic E-state index is 12.0. The first kappa shape index (κ1) is 26.3. The van der Waals surface area contributed by atoms with Crippen molar-refractivity contribution in [2.45, 2.75) is 30.0 Å². The van der Waals surface area contributed by atoms with Gasteiger partial charge in [-0.05, 0) is 23.0 Å². The quantitative estimate of drug-likeness (QED) is 0.129. The largest absolute Gasteiger partial charge is 0.479 e. The molecular weight excluding hydrogens is 506 g/mol. The summed E-state index contributed by atoms with van der Waals surface area (Å²) < 4.78 is 11.5. The molecule has 35 heavy (non-hydrogen) atoms. The molecule has 3 aromatic rings. The molecule has 0 saturated heterocycles. The van der Waals surface area contributed by atoms with Crippen LogP contribution in [-0.4, -0.2) is 82.9 Å². The van der Waals surface area contributed by atoms with Crippen LogP contribution in [0.4, 0.5) is 5.82 Å². The normalized spacial score (nSPS) is 15.3. The van der Waals surface area contributed by atoms with Crippen LogP contribution in [0.25, 0.3) is 11.2 Å². The molecule has 3 atom stereocenters. The number of rotatable bonds is 11. The SMILES string of the molecule is C#C[C@@](O)([C@@H](COC(Cc1cccs1)(C(=O)O)C(=O)O)OC)[C@@H](O)n1cnc2c(N)nc(Cl)nc21. The second-order valence-electron chi connectivity index (χ2n) is 7.27. The van der Waals surface area contributed by atoms with E-state index in [0.717, 1.165) is 29.3 Å². The van der Waals surface area contributed by atoms with Gasteiger partial charge in [-0.3, -0.25) is 4.57 Å². The van der Waals surface area contributed by atoms with Crippen LogP contribution in [0, 0.1) is 12.3 Å². The van der Waals surface area contributed by atoms with Gasteiger partial charge in [-0.1, -0.05) is 12.0 Å². The first-order valence-electron chi connectivity index (χ1n) is 9.69. The number of methoxy groups -OCH3 is 1. The van der Waals surface area contributed by atoms with Crippen LogP contribution in [0.5, 0.6) is 0 Å². The van der Waals surface area contributed by atoms with Crippen molar-refractivity contribution in [2.75, 3.05) is 19.5 Å². The number of aliphatic hydroxyl groups is 2. The highest BCUT2D eigenvalue weighted by Crippen LogP contribution is 2.31. The van der Waals surface area contributed by atoms with Gasteiger partial charge in [0.05, 0.1) is 12.9 Å². The summed E-state index contributed by atoms with van der Waals surface area (Å²) in [5, 5.41) is 43.0. The zero-order valence-electron chi connectivity index (χ0n) is 18.0. The smallest absolute Gasteiger partial charge is 0.348 e. The van der Waals surface area contributed by atoms with E-state index < -0.39 is 48.5 Å². The number of terminal acetylenes is 1. The average Bonchev–Trinajstić information content (AvgIpc) is 3.47. The number of imidazole rings is 1. The highest BCUT2D eigenvalue weighted by atomic mass is 35.5. The van der Waals surface area contributed by atoms with Gasteiger partial charge in [0.15, 0.2) is 23.3 Å². The highest BCUT2D eigenvalue weighted by molar-refractivity contribution is 7.09. The molecule has 0 aromatic carbocycles. The van der Waals surface area contributed by atoms with Crippen LogP contribution in [0.3, 0.4) is 0 Å². The number of nitrogen functional groups attached to an aromatic ring is 1. The summed E-state index contributed by atoms with van der Waals surface area (Å²) in [5.74, 6) is -1.65. The molecule has 0 bridgehead atoms. The first-order valence-corrected chi connectivity index (χ1v) is 11.0. The minimum Gasteiger partial charge on any atom is -0.479 e. The Balaban J connectivity index is 1.95. The van der Waals surface area contributed by atoms with Gasteiger partial charge in [-0.2, -0.15) is 9.97 Å². The number of aromatic nitrogens is 4. The summed E-state index contributed by atoms with van der Waals surface area (Å²) in [7, 11) is 1.11. The Labute approximate surface area is 206 Å². The summed E-state index contributed by atoms with van der Waals surface area (Å²) >= 11 is 6.97. The molecule has 0 spiro atoms. The summed E-state index contributed by atoms with van der Waals surface area (Å²) in [6, 6.07) is 3.17. The Morgan fingerprint density at radius 2 is 2.06 bits per heavy atom. The molecule has 13 nitrogen and oxygen atoms in total. The van der Waals surface area contributed by atoms with Gasteiger partial charge in [-0.15, -0.1) is 17.8 Å². The second-order valence-corrected chi connectivity index (χ2v) is 8.64. The number of hydrogen-bond donors (Lipinski definition) is 5. The van der Waals surface area contributed by atoms with Crippen LogP contribution in [0.1, 0.15) is 11.1 Å². The number of halogens is 1. The van der Waals surface area contributed by atoms with Crippen molar-refractivity contribution in [3.05, 3.63) is 34.0 Å². The number of carboxylic acid groups (broad SMARTS) is 2. The van der Waals surface area contributed by atoms with E-state index in [1.807, 2.05) is 5.92 Å². The number of anilines is 1. The lowest BCUT2D eigenvalue weighted by atomic mass is 9.94. The Kier molecular flexibility index (Phi) is 7.60. The molecule has 3 aromatic heterocycles. The molecule has 3 heterocycles. The van der Waals surface area contributed by atoms with E-state index in [-0.39, 0.29) is 22.3 Å². The number of thiophene rings is 1. The van der Waals surface area contributed by atoms with E-state index in [1.165, 1.54) is 0 Å². The molecule has 186 valence electrons. The Morgan fingerprint density at radius 3 is 2.60 bits per heavy atom. The van der Waals surface area contributed by atoms with Gasteiger partial charge in [-0.25, -0.2) is 14.6 Å². The van der Waals surface area contributed by atoms with E-state index in [9.17, 15) is 30.0 Å². The molecule has 0 aliphatic rings. The van der Waals surface area contributed by atoms with E-state index in [0.29, 0.717) is 4.88 Å². The molecule has 0 aliphatic carbocycles. The zero-order valence-corrected chi connectivity index (χ0v) is 19.6. The van der Waals surface area contributed by atoms with Gasteiger partial charge in [0.2, 0.25) is 5.28 Å². The highest BCUT2D eigenvalue weighted by Gasteiger charge is 2.52. The Morgan fingerprint density at radius 1 is 1.37 bits per heavy atom. The average molecular weight is 526 g/mol. The van der Waals surface area contributed by atoms with E-state index >= 15 is 0 Å². The maximum Gasteiger partial charge on any atom is 0.348 e. The molecule has 0 amide bonds. The van der Waals surface area contributed by atoms with Crippen molar-refractivity contribution in [3.63, 3.8) is 0 Å². The Hall–Kier alpha value is -3.32. The predicted octanol–water partition coefficient (Wildman–Crippen LogP) is 0.161. The predicted molar refractivity (Wildman–Crippen MR) is 123 cm³/mol. The van der Waals surface area contributed by atoms with Crippen LogP contribution in [0.2, 0.25) is 5.28 Å². The van der Waals surface area contributed by atoms with Gasteiger partial charge in [0.25, 0.3) is 5.60 Å². The third kappa shape index (κ3) is 4.78. The van der Waals surface area contributed by atoms with Crippen LogP contribution in [0.15, 0.2) is 23.8 Å². The molecule has 0 unspecified atom stereocenters. The third-order valence-corrected chi connectivity index (χ3v) is 6.31. The van der Waals surface area contributed by atoms with Crippen molar-refractivity contribution in [3.8, 4) is 12.3 Å². The fraction of sp³-hybridized carbons (Fsp3) is 0.350. The number of nitrogens with two attached hydrogens (primary N) is 1. The number of nitrogens with zero attached hydrogens (tertiary/aromatic N) is 4. The van der Waals surface area contributed by atoms with Crippen LogP contribution >= 0.6 is 22.9 Å². The van der Waals surface area contributed by atoms with Gasteiger partial charge in [0.1, 0.15) is 11.6 Å². The fourth-order valence-electron chi connectivity index (χ4n) is 3.30. The maximum absolute atomic E-state index is 12.0. The summed E-state index contributed by atoms with van der Waals surface area (Å²) in [4.78, 5) is 36.1. The van der Waals surface area contributed by atoms with Gasteiger partial charge >= 0.3 is 11.9 Å². The topological polar surface area (TPSA) is 203 Å². The lowest BCUT2D eigenvalue weighted by Gasteiger charge is -2.36.